The summed E-state index contributed by atoms with van der Waals surface area (Å²) in [6, 6.07) is 8.89. The predicted molar refractivity (Wildman–Crippen MR) is 108 cm³/mol. The highest BCUT2D eigenvalue weighted by Crippen LogP contribution is 2.36. The predicted octanol–water partition coefficient (Wildman–Crippen LogP) is 5.05. The van der Waals surface area contributed by atoms with Gasteiger partial charge in [0.2, 0.25) is 0 Å². The average Bonchev–Trinajstić information content (AvgIpc) is 3.45. The van der Waals surface area contributed by atoms with E-state index in [-0.39, 0.29) is 27.9 Å². The molecule has 2 aromatic carbocycles. The Kier molecular flexibility index (Phi) is 5.84. The zero-order chi connectivity index (χ0) is 24.7. The molecule has 2 N–H and O–H groups in total. The first-order valence-corrected chi connectivity index (χ1v) is 9.98. The molecule has 1 aliphatic carbocycles. The normalized spacial score (nSPS) is 14.1. The van der Waals surface area contributed by atoms with Gasteiger partial charge in [-0.15, -0.1) is 0 Å². The molecule has 0 unspecified atom stereocenters. The van der Waals surface area contributed by atoms with Crippen LogP contribution in [0.1, 0.15) is 44.8 Å². The molecule has 1 aromatic heterocycles. The summed E-state index contributed by atoms with van der Waals surface area (Å²) in [5.74, 6) is -1.57. The third kappa shape index (κ3) is 5.05. The second-order valence-electron chi connectivity index (χ2n) is 7.65. The van der Waals surface area contributed by atoms with Crippen molar-refractivity contribution in [2.24, 2.45) is 0 Å². The van der Waals surface area contributed by atoms with Crippen molar-refractivity contribution in [3.05, 3.63) is 77.1 Å². The number of nitrogens with one attached hydrogen (secondary N) is 2. The van der Waals surface area contributed by atoms with Crippen LogP contribution in [-0.2, 0) is 12.4 Å². The van der Waals surface area contributed by atoms with Crippen LogP contribution in [0.3, 0.4) is 0 Å². The fraction of sp³-hybridized carbons (Fsp3) is 0.227. The van der Waals surface area contributed by atoms with Crippen molar-refractivity contribution in [2.75, 3.05) is 5.32 Å². The van der Waals surface area contributed by atoms with Crippen LogP contribution >= 0.6 is 0 Å². The highest BCUT2D eigenvalue weighted by Gasteiger charge is 2.41. The number of nitrogens with zero attached hydrogens (tertiary/aromatic N) is 2. The number of aromatic nitrogens is 2. The molecule has 1 heterocycles. The lowest BCUT2D eigenvalue weighted by atomic mass is 10.1. The van der Waals surface area contributed by atoms with Crippen LogP contribution in [-0.4, -0.2) is 27.6 Å². The molecule has 3 aromatic rings. The number of carbonyl (C=O) groups excluding carboxylic acids is 2. The quantitative estimate of drug-likeness (QED) is 0.500. The Morgan fingerprint density at radius 2 is 1.62 bits per heavy atom. The van der Waals surface area contributed by atoms with E-state index in [0.717, 1.165) is 25.0 Å². The maximum absolute atomic E-state index is 13.8. The van der Waals surface area contributed by atoms with Crippen LogP contribution in [0, 0.1) is 0 Å². The number of rotatable bonds is 5. The minimum Gasteiger partial charge on any atom is -0.349 e. The van der Waals surface area contributed by atoms with Gasteiger partial charge >= 0.3 is 12.4 Å². The Labute approximate surface area is 188 Å². The third-order valence-corrected chi connectivity index (χ3v) is 5.00. The van der Waals surface area contributed by atoms with Gasteiger partial charge in [0.15, 0.2) is 5.69 Å². The Hall–Kier alpha value is -3.83. The van der Waals surface area contributed by atoms with E-state index in [9.17, 15) is 35.9 Å². The standard InChI is InChI=1S/C22H16F6N4O2/c23-21(24,25)13-4-2-6-16(10-13)32-18(22(26,27)28)17(11-29-32)20(34)31-15-5-1-3-12(9-15)19(33)30-14-7-8-14/h1-6,9-11,14H,7-8H2,(H,30,33)(H,31,34). The average molecular weight is 482 g/mol. The number of halogens is 6. The van der Waals surface area contributed by atoms with Crippen molar-refractivity contribution in [3.8, 4) is 5.69 Å². The van der Waals surface area contributed by atoms with E-state index in [1.54, 1.807) is 0 Å². The summed E-state index contributed by atoms with van der Waals surface area (Å²) >= 11 is 0. The lowest BCUT2D eigenvalue weighted by Crippen LogP contribution is -2.25. The van der Waals surface area contributed by atoms with Crippen molar-refractivity contribution in [3.63, 3.8) is 0 Å². The zero-order valence-corrected chi connectivity index (χ0v) is 17.2. The molecule has 4 rings (SSSR count). The van der Waals surface area contributed by atoms with Crippen LogP contribution < -0.4 is 10.6 Å². The number of alkyl halides is 6. The van der Waals surface area contributed by atoms with Crippen LogP contribution in [0.4, 0.5) is 32.0 Å². The Morgan fingerprint density at radius 1 is 0.912 bits per heavy atom. The molecule has 2 amide bonds. The van der Waals surface area contributed by atoms with Crippen molar-refractivity contribution in [2.45, 2.75) is 31.2 Å². The van der Waals surface area contributed by atoms with Gasteiger partial charge in [-0.3, -0.25) is 9.59 Å². The fourth-order valence-corrected chi connectivity index (χ4v) is 3.23. The van der Waals surface area contributed by atoms with Gasteiger partial charge in [0, 0.05) is 17.3 Å². The van der Waals surface area contributed by atoms with Gasteiger partial charge in [-0.25, -0.2) is 4.68 Å². The van der Waals surface area contributed by atoms with Crippen molar-refractivity contribution in [1.82, 2.24) is 15.1 Å². The molecule has 0 aliphatic heterocycles. The SMILES string of the molecule is O=C(NC1CC1)c1cccc(NC(=O)c2cnn(-c3cccc(C(F)(F)F)c3)c2C(F)(F)F)c1. The van der Waals surface area contributed by atoms with Crippen LogP contribution in [0.2, 0.25) is 0 Å². The first-order valence-electron chi connectivity index (χ1n) is 9.98. The molecule has 6 nitrogen and oxygen atoms in total. The molecular weight excluding hydrogens is 466 g/mol. The number of hydrogen-bond donors (Lipinski definition) is 2. The lowest BCUT2D eigenvalue weighted by molar-refractivity contribution is -0.143. The van der Waals surface area contributed by atoms with E-state index in [1.807, 2.05) is 0 Å². The largest absolute Gasteiger partial charge is 0.434 e. The molecule has 1 fully saturated rings. The van der Waals surface area contributed by atoms with Gasteiger partial charge in [0.1, 0.15) is 0 Å². The second-order valence-corrected chi connectivity index (χ2v) is 7.65. The summed E-state index contributed by atoms with van der Waals surface area (Å²) in [6.07, 6.45) is -7.54. The monoisotopic (exact) mass is 482 g/mol. The first kappa shape index (κ1) is 23.3. The van der Waals surface area contributed by atoms with Gasteiger partial charge in [-0.05, 0) is 49.2 Å². The lowest BCUT2D eigenvalue weighted by Gasteiger charge is -2.14. The molecule has 12 heteroatoms. The molecule has 0 saturated heterocycles. The smallest absolute Gasteiger partial charge is 0.349 e. The first-order chi connectivity index (χ1) is 15.9. The van der Waals surface area contributed by atoms with E-state index in [4.69, 9.17) is 0 Å². The minimum atomic E-state index is -5.11. The van der Waals surface area contributed by atoms with E-state index >= 15 is 0 Å². The Bertz CT molecular complexity index is 1240. The Balaban J connectivity index is 1.65. The molecule has 0 radical (unpaired) electrons. The number of anilines is 1. The van der Waals surface area contributed by atoms with E-state index in [2.05, 4.69) is 15.7 Å². The van der Waals surface area contributed by atoms with Crippen LogP contribution in [0.25, 0.3) is 5.69 Å². The number of hydrogen-bond acceptors (Lipinski definition) is 3. The molecule has 1 aliphatic rings. The summed E-state index contributed by atoms with van der Waals surface area (Å²) < 4.78 is 80.8. The van der Waals surface area contributed by atoms with Gasteiger partial charge in [-0.2, -0.15) is 31.4 Å². The molecule has 34 heavy (non-hydrogen) atoms. The third-order valence-electron chi connectivity index (χ3n) is 5.00. The van der Waals surface area contributed by atoms with Gasteiger partial charge in [0.25, 0.3) is 11.8 Å². The van der Waals surface area contributed by atoms with Gasteiger partial charge in [0.05, 0.1) is 23.0 Å². The van der Waals surface area contributed by atoms with E-state index in [0.29, 0.717) is 18.3 Å². The van der Waals surface area contributed by atoms with E-state index < -0.39 is 40.8 Å². The maximum Gasteiger partial charge on any atom is 0.434 e. The maximum atomic E-state index is 13.8. The number of carbonyl (C=O) groups is 2. The van der Waals surface area contributed by atoms with Crippen molar-refractivity contribution < 1.29 is 35.9 Å². The van der Waals surface area contributed by atoms with Crippen molar-refractivity contribution >= 4 is 17.5 Å². The van der Waals surface area contributed by atoms with E-state index in [1.165, 1.54) is 24.3 Å². The summed E-state index contributed by atoms with van der Waals surface area (Å²) in [5.41, 5.74) is -3.83. The minimum absolute atomic E-state index is 0.0633. The highest BCUT2D eigenvalue weighted by atomic mass is 19.4. The summed E-state index contributed by atoms with van der Waals surface area (Å²) in [6.45, 7) is 0. The molecular formula is C22H16F6N4O2. The van der Waals surface area contributed by atoms with Crippen molar-refractivity contribution in [1.29, 1.82) is 0 Å². The number of benzene rings is 2. The Morgan fingerprint density at radius 3 is 2.26 bits per heavy atom. The molecule has 0 spiro atoms. The van der Waals surface area contributed by atoms with Crippen LogP contribution in [0.5, 0.6) is 0 Å². The molecule has 0 atom stereocenters. The topological polar surface area (TPSA) is 76.0 Å². The molecule has 178 valence electrons. The highest BCUT2D eigenvalue weighted by molar-refractivity contribution is 6.06. The van der Waals surface area contributed by atoms with Crippen LogP contribution in [0.15, 0.2) is 54.7 Å². The summed E-state index contributed by atoms with van der Waals surface area (Å²) in [5, 5.41) is 8.57. The molecule has 0 bridgehead atoms. The summed E-state index contributed by atoms with van der Waals surface area (Å²) in [7, 11) is 0. The summed E-state index contributed by atoms with van der Waals surface area (Å²) in [4.78, 5) is 24.9. The van der Waals surface area contributed by atoms with Gasteiger partial charge in [-0.1, -0.05) is 12.1 Å². The number of amides is 2. The zero-order valence-electron chi connectivity index (χ0n) is 17.2. The molecule has 1 saturated carbocycles. The fourth-order valence-electron chi connectivity index (χ4n) is 3.23. The van der Waals surface area contributed by atoms with Gasteiger partial charge < -0.3 is 10.6 Å². The second kappa shape index (κ2) is 8.50.